The van der Waals surface area contributed by atoms with Crippen LogP contribution in [0.1, 0.15) is 25.0 Å². The van der Waals surface area contributed by atoms with Crippen molar-refractivity contribution in [2.45, 2.75) is 26.7 Å². The number of aromatic hydroxyl groups is 1. The smallest absolute Gasteiger partial charge is 0.215 e. The summed E-state index contributed by atoms with van der Waals surface area (Å²) in [5, 5.41) is 10.9. The molecule has 29 heavy (non-hydrogen) atoms. The molecule has 2 aliphatic carbocycles. The van der Waals surface area contributed by atoms with Crippen molar-refractivity contribution >= 4 is 10.4 Å². The first kappa shape index (κ1) is 21.0. The molecule has 4 rings (SSSR count). The third-order valence-corrected chi connectivity index (χ3v) is 4.96. The summed E-state index contributed by atoms with van der Waals surface area (Å²) >= 11 is 0. The lowest BCUT2D eigenvalue weighted by Crippen LogP contribution is -2.29. The molecule has 0 fully saturated rings. The second kappa shape index (κ2) is 8.36. The first-order chi connectivity index (χ1) is 13.7. The van der Waals surface area contributed by atoms with E-state index in [0.29, 0.717) is 5.75 Å². The van der Waals surface area contributed by atoms with Crippen LogP contribution < -0.4 is 9.93 Å². The first-order valence-electron chi connectivity index (χ1n) is 9.35. The highest BCUT2D eigenvalue weighted by Crippen LogP contribution is 2.38. The Morgan fingerprint density at radius 1 is 1.03 bits per heavy atom. The Balaban J connectivity index is 0.000000431. The largest absolute Gasteiger partial charge is 0.726 e. The molecule has 1 aromatic carbocycles. The van der Waals surface area contributed by atoms with Crippen LogP contribution in [0, 0.1) is 0 Å². The van der Waals surface area contributed by atoms with E-state index in [9.17, 15) is 5.11 Å². The topological polar surface area (TPSA) is 114 Å². The minimum atomic E-state index is -4.92. The quantitative estimate of drug-likeness (QED) is 0.376. The van der Waals surface area contributed by atoms with Gasteiger partial charge in [-0.3, -0.25) is 4.55 Å². The van der Waals surface area contributed by atoms with E-state index in [2.05, 4.69) is 42.7 Å². The van der Waals surface area contributed by atoms with Crippen LogP contribution in [0.25, 0.3) is 22.6 Å². The predicted octanol–water partition coefficient (Wildman–Crippen LogP) is 2.67. The number of phenols is 1. The van der Waals surface area contributed by atoms with E-state index in [1.165, 1.54) is 10.9 Å². The van der Waals surface area contributed by atoms with Crippen LogP contribution in [0.2, 0.25) is 0 Å². The SMILES string of the molecule is CC[N+](CC)=c1ccc2cc3c(oc-2c1)-c1ccc(O)cc1CC3.O=S(=O)([O-])O. The lowest BCUT2D eigenvalue weighted by Gasteiger charge is -2.20. The number of hydrogen-bond acceptors (Lipinski definition) is 5. The van der Waals surface area contributed by atoms with Crippen molar-refractivity contribution in [1.29, 1.82) is 0 Å². The van der Waals surface area contributed by atoms with Crippen LogP contribution >= 0.6 is 0 Å². The molecule has 8 heteroatoms. The number of phenolic OH excluding ortho intramolecular Hbond substituents is 1. The van der Waals surface area contributed by atoms with Crippen LogP contribution in [-0.2, 0) is 23.2 Å². The van der Waals surface area contributed by atoms with Gasteiger partial charge in [0, 0.05) is 17.2 Å². The minimum absolute atomic E-state index is 0.321. The molecule has 0 radical (unpaired) electrons. The lowest BCUT2D eigenvalue weighted by atomic mass is 9.88. The molecule has 0 saturated heterocycles. The summed E-state index contributed by atoms with van der Waals surface area (Å²) in [5.74, 6) is 2.18. The normalized spacial score (nSPS) is 12.6. The number of nitrogens with zero attached hydrogens (tertiary/aromatic N) is 1. The van der Waals surface area contributed by atoms with Crippen molar-refractivity contribution in [2.75, 3.05) is 13.1 Å². The van der Waals surface area contributed by atoms with E-state index >= 15 is 0 Å². The Morgan fingerprint density at radius 2 is 1.69 bits per heavy atom. The predicted molar refractivity (Wildman–Crippen MR) is 109 cm³/mol. The van der Waals surface area contributed by atoms with Gasteiger partial charge in [-0.15, -0.1) is 0 Å². The molecule has 0 atom stereocenters. The van der Waals surface area contributed by atoms with Crippen molar-refractivity contribution in [2.24, 2.45) is 0 Å². The number of fused-ring (bicyclic) bond motifs is 4. The highest BCUT2D eigenvalue weighted by Gasteiger charge is 2.21. The van der Waals surface area contributed by atoms with Gasteiger partial charge in [0.15, 0.2) is 0 Å². The van der Waals surface area contributed by atoms with Crippen molar-refractivity contribution in [1.82, 2.24) is 4.58 Å². The molecule has 0 amide bonds. The Kier molecular flexibility index (Phi) is 6.07. The second-order valence-corrected chi connectivity index (χ2v) is 7.62. The van der Waals surface area contributed by atoms with Crippen LogP contribution in [0.15, 0.2) is 46.9 Å². The first-order valence-corrected chi connectivity index (χ1v) is 10.7. The van der Waals surface area contributed by atoms with Crippen molar-refractivity contribution in [3.05, 3.63) is 58.9 Å². The molecule has 0 saturated carbocycles. The fourth-order valence-electron chi connectivity index (χ4n) is 3.64. The maximum Gasteiger partial charge on any atom is 0.215 e. The van der Waals surface area contributed by atoms with Crippen molar-refractivity contribution in [3.8, 4) is 28.4 Å². The average Bonchev–Trinajstić information content (AvgIpc) is 2.65. The van der Waals surface area contributed by atoms with Crippen LogP contribution in [0.5, 0.6) is 5.75 Å². The number of rotatable bonds is 2. The molecule has 1 aliphatic heterocycles. The molecular weight excluding hydrogens is 394 g/mol. The zero-order chi connectivity index (χ0) is 21.2. The number of aryl methyl sites for hydroxylation is 2. The Morgan fingerprint density at radius 3 is 2.34 bits per heavy atom. The molecule has 0 bridgehead atoms. The van der Waals surface area contributed by atoms with Gasteiger partial charge in [0.05, 0.1) is 6.07 Å². The van der Waals surface area contributed by atoms with Crippen molar-refractivity contribution < 1.29 is 27.0 Å². The number of benzene rings is 2. The summed E-state index contributed by atoms with van der Waals surface area (Å²) in [4.78, 5) is 0. The Bertz CT molecular complexity index is 1170. The maximum atomic E-state index is 9.72. The van der Waals surface area contributed by atoms with E-state index in [1.807, 2.05) is 12.1 Å². The molecule has 0 spiro atoms. The van der Waals surface area contributed by atoms with E-state index in [0.717, 1.165) is 54.1 Å². The summed E-state index contributed by atoms with van der Waals surface area (Å²) < 4.78 is 41.5. The Hall–Kier alpha value is -2.68. The highest BCUT2D eigenvalue weighted by molar-refractivity contribution is 7.79. The van der Waals surface area contributed by atoms with E-state index in [-0.39, 0.29) is 0 Å². The van der Waals surface area contributed by atoms with Gasteiger partial charge in [-0.25, -0.2) is 13.0 Å². The zero-order valence-corrected chi connectivity index (χ0v) is 17.1. The van der Waals surface area contributed by atoms with Gasteiger partial charge in [0.2, 0.25) is 15.8 Å². The minimum Gasteiger partial charge on any atom is -0.726 e. The highest BCUT2D eigenvalue weighted by atomic mass is 32.3. The lowest BCUT2D eigenvalue weighted by molar-refractivity contribution is 0.366. The molecular formula is C21H23NO6S. The van der Waals surface area contributed by atoms with Gasteiger partial charge < -0.3 is 14.1 Å². The fourth-order valence-corrected chi connectivity index (χ4v) is 3.64. The monoisotopic (exact) mass is 417 g/mol. The zero-order valence-electron chi connectivity index (χ0n) is 16.3. The summed E-state index contributed by atoms with van der Waals surface area (Å²) in [5.41, 5.74) is 4.65. The number of hydrogen-bond donors (Lipinski definition) is 2. The average molecular weight is 417 g/mol. The van der Waals surface area contributed by atoms with Gasteiger partial charge in [-0.05, 0) is 68.1 Å². The molecule has 1 heterocycles. The van der Waals surface area contributed by atoms with Crippen LogP contribution in [0.4, 0.5) is 0 Å². The Labute approximate surface area is 169 Å². The molecule has 3 aliphatic rings. The molecule has 1 aromatic rings. The van der Waals surface area contributed by atoms with E-state index in [4.69, 9.17) is 21.9 Å². The van der Waals surface area contributed by atoms with Crippen LogP contribution in [0.3, 0.4) is 0 Å². The molecule has 0 aromatic heterocycles. The van der Waals surface area contributed by atoms with Gasteiger partial charge in [0.25, 0.3) is 0 Å². The van der Waals surface area contributed by atoms with E-state index in [1.54, 1.807) is 6.07 Å². The molecule has 2 N–H and O–H groups in total. The third kappa shape index (κ3) is 5.03. The summed E-state index contributed by atoms with van der Waals surface area (Å²) in [6.45, 7) is 6.30. The van der Waals surface area contributed by atoms with Gasteiger partial charge in [-0.2, -0.15) is 0 Å². The summed E-state index contributed by atoms with van der Waals surface area (Å²) in [7, 11) is -4.92. The maximum absolute atomic E-state index is 9.72. The van der Waals surface area contributed by atoms with Gasteiger partial charge >= 0.3 is 0 Å². The summed E-state index contributed by atoms with van der Waals surface area (Å²) in [6, 6.07) is 14.3. The third-order valence-electron chi connectivity index (χ3n) is 4.96. The van der Waals surface area contributed by atoms with Gasteiger partial charge in [0.1, 0.15) is 30.4 Å². The second-order valence-electron chi connectivity index (χ2n) is 6.76. The fraction of sp³-hybridized carbons (Fsp3) is 0.286. The van der Waals surface area contributed by atoms with Crippen molar-refractivity contribution in [3.63, 3.8) is 0 Å². The molecule has 0 unspecified atom stereocenters. The van der Waals surface area contributed by atoms with Crippen LogP contribution in [-0.4, -0.2) is 35.7 Å². The van der Waals surface area contributed by atoms with Gasteiger partial charge in [-0.1, -0.05) is 0 Å². The molecule has 154 valence electrons. The standard InChI is InChI=1S/C21H21NO2.H2O4S/c1-3-22(4-2)17-8-7-15-11-16-6-5-14-12-18(23)9-10-19(14)21(16)24-20(15)13-17;1-5(2,3)4/h7-13H,3-6H2,1-2H3;(H2,1,2,3,4). The molecule has 7 nitrogen and oxygen atoms in total. The van der Waals surface area contributed by atoms with E-state index < -0.39 is 10.4 Å². The summed E-state index contributed by atoms with van der Waals surface area (Å²) in [6.07, 6.45) is 1.89.